The summed E-state index contributed by atoms with van der Waals surface area (Å²) < 4.78 is 19.5. The summed E-state index contributed by atoms with van der Waals surface area (Å²) in [5.41, 5.74) is 0.617. The van der Waals surface area contributed by atoms with Gasteiger partial charge in [-0.2, -0.15) is 0 Å². The van der Waals surface area contributed by atoms with Gasteiger partial charge in [-0.25, -0.2) is 4.39 Å². The summed E-state index contributed by atoms with van der Waals surface area (Å²) in [6.07, 6.45) is 3.00. The molecular weight excluding hydrogens is 243 g/mol. The first-order valence-corrected chi connectivity index (χ1v) is 6.98. The molecule has 0 bridgehead atoms. The molecule has 0 aliphatic carbocycles. The van der Waals surface area contributed by atoms with E-state index in [2.05, 4.69) is 10.3 Å². The lowest BCUT2D eigenvalue weighted by atomic mass is 9.95. The molecule has 0 spiro atoms. The molecule has 4 heteroatoms. The van der Waals surface area contributed by atoms with Crippen LogP contribution in [-0.2, 0) is 4.74 Å². The number of nitrogens with one attached hydrogen (secondary N) is 1. The van der Waals surface area contributed by atoms with Crippen molar-refractivity contribution in [2.24, 2.45) is 10.9 Å². The highest BCUT2D eigenvalue weighted by molar-refractivity contribution is 5.78. The van der Waals surface area contributed by atoms with Crippen molar-refractivity contribution in [2.75, 3.05) is 19.6 Å². The van der Waals surface area contributed by atoms with Gasteiger partial charge < -0.3 is 10.1 Å². The molecule has 1 saturated heterocycles. The summed E-state index contributed by atoms with van der Waals surface area (Å²) in [6, 6.07) is 6.80. The highest BCUT2D eigenvalue weighted by Crippen LogP contribution is 2.28. The van der Waals surface area contributed by atoms with Crippen LogP contribution in [0.4, 0.5) is 4.39 Å². The Hall–Kier alpha value is -1.42. The van der Waals surface area contributed by atoms with Crippen LogP contribution in [0.2, 0.25) is 0 Å². The maximum Gasteiger partial charge on any atom is 0.184 e. The average molecular weight is 262 g/mol. The van der Waals surface area contributed by atoms with Crippen LogP contribution in [0, 0.1) is 11.7 Å². The van der Waals surface area contributed by atoms with Crippen LogP contribution in [0.1, 0.15) is 30.9 Å². The van der Waals surface area contributed by atoms with E-state index in [9.17, 15) is 4.39 Å². The van der Waals surface area contributed by atoms with E-state index in [1.807, 2.05) is 6.07 Å². The van der Waals surface area contributed by atoms with Gasteiger partial charge in [0, 0.05) is 12.0 Å². The van der Waals surface area contributed by atoms with Crippen LogP contribution in [-0.4, -0.2) is 25.5 Å². The predicted molar refractivity (Wildman–Crippen MR) is 72.7 cm³/mol. The second-order valence-corrected chi connectivity index (χ2v) is 5.26. The lowest BCUT2D eigenvalue weighted by Crippen LogP contribution is -2.29. The molecule has 1 fully saturated rings. The van der Waals surface area contributed by atoms with Crippen molar-refractivity contribution in [3.8, 4) is 0 Å². The van der Waals surface area contributed by atoms with E-state index in [1.54, 1.807) is 12.1 Å². The van der Waals surface area contributed by atoms with Crippen LogP contribution in [0.5, 0.6) is 0 Å². The third-order valence-electron chi connectivity index (χ3n) is 3.89. The van der Waals surface area contributed by atoms with Crippen molar-refractivity contribution in [2.45, 2.75) is 25.4 Å². The zero-order valence-corrected chi connectivity index (χ0v) is 10.9. The van der Waals surface area contributed by atoms with Crippen LogP contribution in [0.25, 0.3) is 0 Å². The molecule has 1 aromatic rings. The molecule has 2 aliphatic heterocycles. The molecule has 0 radical (unpaired) electrons. The second-order valence-electron chi connectivity index (χ2n) is 5.26. The standard InChI is InChI=1S/C15H19FN2O/c16-13-4-2-1-3-12(13)14-10-18-15(19-14)9-11-5-7-17-8-6-11/h1-4,11,14,17H,5-10H2. The Balaban J connectivity index is 1.58. The van der Waals surface area contributed by atoms with E-state index in [4.69, 9.17) is 4.74 Å². The number of benzene rings is 1. The van der Waals surface area contributed by atoms with Crippen molar-refractivity contribution in [1.29, 1.82) is 0 Å². The Labute approximate surface area is 112 Å². The van der Waals surface area contributed by atoms with Gasteiger partial charge in [0.15, 0.2) is 5.90 Å². The van der Waals surface area contributed by atoms with Gasteiger partial charge in [-0.15, -0.1) is 0 Å². The van der Waals surface area contributed by atoms with Crippen molar-refractivity contribution in [3.63, 3.8) is 0 Å². The molecule has 1 unspecified atom stereocenters. The molecule has 2 heterocycles. The minimum Gasteiger partial charge on any atom is -0.471 e. The van der Waals surface area contributed by atoms with Gasteiger partial charge in [-0.3, -0.25) is 4.99 Å². The van der Waals surface area contributed by atoms with Crippen molar-refractivity contribution >= 4 is 5.90 Å². The van der Waals surface area contributed by atoms with E-state index < -0.39 is 0 Å². The first kappa shape index (κ1) is 12.6. The smallest absolute Gasteiger partial charge is 0.184 e. The monoisotopic (exact) mass is 262 g/mol. The molecule has 3 rings (SSSR count). The van der Waals surface area contributed by atoms with Crippen molar-refractivity contribution in [1.82, 2.24) is 5.32 Å². The van der Waals surface area contributed by atoms with E-state index in [0.717, 1.165) is 25.4 Å². The van der Waals surface area contributed by atoms with Crippen molar-refractivity contribution in [3.05, 3.63) is 35.6 Å². The van der Waals surface area contributed by atoms with E-state index in [1.165, 1.54) is 18.9 Å². The van der Waals surface area contributed by atoms with E-state index in [0.29, 0.717) is 18.0 Å². The fraction of sp³-hybridized carbons (Fsp3) is 0.533. The lowest BCUT2D eigenvalue weighted by Gasteiger charge is -2.22. The molecule has 1 aromatic carbocycles. The number of hydrogen-bond acceptors (Lipinski definition) is 3. The van der Waals surface area contributed by atoms with Gasteiger partial charge in [0.25, 0.3) is 0 Å². The minimum atomic E-state index is -0.238. The first-order chi connectivity index (χ1) is 9.33. The second kappa shape index (κ2) is 5.70. The number of piperidine rings is 1. The number of rotatable bonds is 3. The van der Waals surface area contributed by atoms with Gasteiger partial charge >= 0.3 is 0 Å². The lowest BCUT2D eigenvalue weighted by molar-refractivity contribution is 0.211. The molecule has 0 amide bonds. The number of hydrogen-bond donors (Lipinski definition) is 1. The summed E-state index contributed by atoms with van der Waals surface area (Å²) in [6.45, 7) is 2.70. The molecule has 2 aliphatic rings. The van der Waals surface area contributed by atoms with E-state index >= 15 is 0 Å². The Morgan fingerprint density at radius 1 is 1.26 bits per heavy atom. The number of nitrogens with zero attached hydrogens (tertiary/aromatic N) is 1. The third kappa shape index (κ3) is 2.95. The Kier molecular flexibility index (Phi) is 3.78. The van der Waals surface area contributed by atoms with E-state index in [-0.39, 0.29) is 11.9 Å². The van der Waals surface area contributed by atoms with Crippen LogP contribution in [0.15, 0.2) is 29.3 Å². The maximum absolute atomic E-state index is 13.7. The molecule has 102 valence electrons. The fourth-order valence-electron chi connectivity index (χ4n) is 2.77. The number of halogens is 1. The number of aliphatic imine (C=N–C) groups is 1. The maximum atomic E-state index is 13.7. The third-order valence-corrected chi connectivity index (χ3v) is 3.89. The quantitative estimate of drug-likeness (QED) is 0.908. The minimum absolute atomic E-state index is 0.203. The fourth-order valence-corrected chi connectivity index (χ4v) is 2.77. The zero-order chi connectivity index (χ0) is 13.1. The summed E-state index contributed by atoms with van der Waals surface area (Å²) in [5.74, 6) is 1.25. The normalized spacial score (nSPS) is 24.1. The molecule has 1 N–H and O–H groups in total. The highest BCUT2D eigenvalue weighted by Gasteiger charge is 2.26. The van der Waals surface area contributed by atoms with Gasteiger partial charge in [-0.1, -0.05) is 18.2 Å². The van der Waals surface area contributed by atoms with Gasteiger partial charge in [0.05, 0.1) is 6.54 Å². The molecular formula is C15H19FN2O. The van der Waals surface area contributed by atoms with Crippen LogP contribution in [0.3, 0.4) is 0 Å². The predicted octanol–water partition coefficient (Wildman–Crippen LogP) is 2.69. The Morgan fingerprint density at radius 2 is 2.05 bits per heavy atom. The largest absolute Gasteiger partial charge is 0.471 e. The summed E-state index contributed by atoms with van der Waals surface area (Å²) in [5, 5.41) is 3.35. The summed E-state index contributed by atoms with van der Waals surface area (Å²) in [4.78, 5) is 4.44. The summed E-state index contributed by atoms with van der Waals surface area (Å²) in [7, 11) is 0. The molecule has 0 saturated carbocycles. The zero-order valence-electron chi connectivity index (χ0n) is 10.9. The highest BCUT2D eigenvalue weighted by atomic mass is 19.1. The van der Waals surface area contributed by atoms with Gasteiger partial charge in [0.1, 0.15) is 11.9 Å². The van der Waals surface area contributed by atoms with Gasteiger partial charge in [0.2, 0.25) is 0 Å². The molecule has 3 nitrogen and oxygen atoms in total. The van der Waals surface area contributed by atoms with Gasteiger partial charge in [-0.05, 0) is 37.9 Å². The SMILES string of the molecule is Fc1ccccc1C1CN=C(CC2CCNCC2)O1. The topological polar surface area (TPSA) is 33.6 Å². The van der Waals surface area contributed by atoms with Crippen molar-refractivity contribution < 1.29 is 9.13 Å². The molecule has 1 atom stereocenters. The average Bonchev–Trinajstić information content (AvgIpc) is 2.89. The van der Waals surface area contributed by atoms with Crippen LogP contribution >= 0.6 is 0 Å². The Morgan fingerprint density at radius 3 is 2.84 bits per heavy atom. The molecule has 0 aromatic heterocycles. The number of ether oxygens (including phenoxy) is 1. The van der Waals surface area contributed by atoms with Crippen LogP contribution < -0.4 is 5.32 Å². The Bertz CT molecular complexity index is 469. The first-order valence-electron chi connectivity index (χ1n) is 6.98. The molecule has 19 heavy (non-hydrogen) atoms. The summed E-state index contributed by atoms with van der Waals surface area (Å²) >= 11 is 0.